The minimum atomic E-state index is -1.61. The number of benzene rings is 1. The number of halogens is 4. The Bertz CT molecular complexity index is 386. The average Bonchev–Trinajstić information content (AvgIpc) is 2.15. The lowest BCUT2D eigenvalue weighted by molar-refractivity contribution is -0.111. The molecular formula is C10H8F4O. The van der Waals surface area contributed by atoms with Crippen molar-refractivity contribution in [1.29, 1.82) is 0 Å². The molecule has 0 aliphatic carbocycles. The number of carbonyl (C=O) groups is 1. The summed E-state index contributed by atoms with van der Waals surface area (Å²) in [5.41, 5.74) is -2.51. The molecule has 1 aromatic carbocycles. The Hall–Kier alpha value is -1.39. The van der Waals surface area contributed by atoms with Crippen molar-refractivity contribution < 1.29 is 22.4 Å². The molecule has 0 bridgehead atoms. The van der Waals surface area contributed by atoms with Gasteiger partial charge in [-0.15, -0.1) is 0 Å². The van der Waals surface area contributed by atoms with Gasteiger partial charge in [0.25, 0.3) is 0 Å². The molecule has 0 aromatic heterocycles. The van der Waals surface area contributed by atoms with Gasteiger partial charge in [0.15, 0.2) is 23.3 Å². The smallest absolute Gasteiger partial charge is 0.166 e. The normalized spacial score (nSPS) is 11.6. The summed E-state index contributed by atoms with van der Waals surface area (Å²) in [6, 6.07) is 0.106. The molecule has 0 N–H and O–H groups in total. The van der Waals surface area contributed by atoms with Crippen LogP contribution in [0.5, 0.6) is 0 Å². The Morgan fingerprint density at radius 1 is 1.07 bits per heavy atom. The summed E-state index contributed by atoms with van der Waals surface area (Å²) >= 11 is 0. The molecule has 0 saturated heterocycles. The Morgan fingerprint density at radius 2 is 1.47 bits per heavy atom. The molecule has 0 aliphatic heterocycles. The van der Waals surface area contributed by atoms with Gasteiger partial charge in [0.2, 0.25) is 0 Å². The molecule has 0 spiro atoms. The zero-order chi connectivity index (χ0) is 11.8. The largest absolute Gasteiger partial charge is 0.302 e. The maximum atomic E-state index is 13.2. The number of rotatable bonds is 2. The Balaban J connectivity index is 3.60. The third-order valence-corrected chi connectivity index (χ3v) is 2.05. The van der Waals surface area contributed by atoms with Gasteiger partial charge in [-0.05, 0) is 13.8 Å². The van der Waals surface area contributed by atoms with Crippen molar-refractivity contribution in [2.45, 2.75) is 19.3 Å². The minimum absolute atomic E-state index is 0.106. The SMILES string of the molecule is CC(C)(C=O)c1c(F)c(F)cc(F)c1F. The van der Waals surface area contributed by atoms with Crippen molar-refractivity contribution in [1.82, 2.24) is 0 Å². The molecule has 0 saturated carbocycles. The number of carbonyl (C=O) groups excluding carboxylic acids is 1. The number of hydrogen-bond acceptors (Lipinski definition) is 1. The van der Waals surface area contributed by atoms with E-state index in [1.165, 1.54) is 13.8 Å². The van der Waals surface area contributed by atoms with E-state index in [4.69, 9.17) is 0 Å². The van der Waals surface area contributed by atoms with Crippen molar-refractivity contribution >= 4 is 6.29 Å². The standard InChI is InChI=1S/C10H8F4O/c1-10(2,4-15)7-8(13)5(11)3-6(12)9(7)14/h3-4H,1-2H3. The average molecular weight is 220 g/mol. The third kappa shape index (κ3) is 1.86. The highest BCUT2D eigenvalue weighted by Gasteiger charge is 2.31. The first kappa shape index (κ1) is 11.7. The molecular weight excluding hydrogens is 212 g/mol. The van der Waals surface area contributed by atoms with Gasteiger partial charge in [-0.25, -0.2) is 17.6 Å². The van der Waals surface area contributed by atoms with Gasteiger partial charge in [-0.1, -0.05) is 0 Å². The molecule has 15 heavy (non-hydrogen) atoms. The van der Waals surface area contributed by atoms with Crippen molar-refractivity contribution in [3.63, 3.8) is 0 Å². The highest BCUT2D eigenvalue weighted by molar-refractivity contribution is 5.67. The van der Waals surface area contributed by atoms with E-state index in [-0.39, 0.29) is 12.4 Å². The maximum Gasteiger partial charge on any atom is 0.166 e. The molecule has 1 rings (SSSR count). The fourth-order valence-electron chi connectivity index (χ4n) is 1.20. The molecule has 82 valence electrons. The van der Waals surface area contributed by atoms with Crippen LogP contribution >= 0.6 is 0 Å². The van der Waals surface area contributed by atoms with Crippen LogP contribution in [0, 0.1) is 23.3 Å². The van der Waals surface area contributed by atoms with E-state index in [2.05, 4.69) is 0 Å². The van der Waals surface area contributed by atoms with Crippen LogP contribution in [-0.4, -0.2) is 6.29 Å². The summed E-state index contributed by atoms with van der Waals surface area (Å²) in [7, 11) is 0. The van der Waals surface area contributed by atoms with E-state index >= 15 is 0 Å². The summed E-state index contributed by atoms with van der Waals surface area (Å²) in [5, 5.41) is 0. The molecule has 0 aliphatic rings. The zero-order valence-electron chi connectivity index (χ0n) is 8.07. The van der Waals surface area contributed by atoms with Crippen LogP contribution < -0.4 is 0 Å². The first-order valence-corrected chi connectivity index (χ1v) is 4.11. The van der Waals surface area contributed by atoms with E-state index in [1.54, 1.807) is 0 Å². The van der Waals surface area contributed by atoms with Crippen LogP contribution in [0.3, 0.4) is 0 Å². The monoisotopic (exact) mass is 220 g/mol. The predicted molar refractivity (Wildman–Crippen MR) is 45.4 cm³/mol. The minimum Gasteiger partial charge on any atom is -0.302 e. The second-order valence-corrected chi connectivity index (χ2v) is 3.68. The summed E-state index contributed by atoms with van der Waals surface area (Å²) in [6.45, 7) is 2.33. The fourth-order valence-corrected chi connectivity index (χ4v) is 1.20. The number of aldehydes is 1. The van der Waals surface area contributed by atoms with E-state index in [0.29, 0.717) is 0 Å². The van der Waals surface area contributed by atoms with Crippen LogP contribution in [0.1, 0.15) is 19.4 Å². The lowest BCUT2D eigenvalue weighted by Gasteiger charge is -2.19. The molecule has 1 nitrogen and oxygen atoms in total. The first-order valence-electron chi connectivity index (χ1n) is 4.11. The zero-order valence-corrected chi connectivity index (χ0v) is 8.07. The van der Waals surface area contributed by atoms with Crippen molar-refractivity contribution in [2.75, 3.05) is 0 Å². The van der Waals surface area contributed by atoms with Gasteiger partial charge >= 0.3 is 0 Å². The van der Waals surface area contributed by atoms with Gasteiger partial charge in [-0.2, -0.15) is 0 Å². The molecule has 1 aromatic rings. The predicted octanol–water partition coefficient (Wildman–Crippen LogP) is 2.72. The lowest BCUT2D eigenvalue weighted by Crippen LogP contribution is -2.24. The fraction of sp³-hybridized carbons (Fsp3) is 0.300. The lowest BCUT2D eigenvalue weighted by atomic mass is 9.85. The third-order valence-electron chi connectivity index (χ3n) is 2.05. The summed E-state index contributed by atoms with van der Waals surface area (Å²) in [4.78, 5) is 10.6. The van der Waals surface area contributed by atoms with E-state index in [9.17, 15) is 22.4 Å². The number of hydrogen-bond donors (Lipinski definition) is 0. The van der Waals surface area contributed by atoms with Crippen molar-refractivity contribution in [2.24, 2.45) is 0 Å². The Labute approximate surface area is 83.7 Å². The van der Waals surface area contributed by atoms with Gasteiger partial charge in [0.05, 0.1) is 5.41 Å². The molecule has 0 unspecified atom stereocenters. The van der Waals surface area contributed by atoms with Crippen molar-refractivity contribution in [3.05, 3.63) is 34.9 Å². The summed E-state index contributed by atoms with van der Waals surface area (Å²) in [5.74, 6) is -6.10. The summed E-state index contributed by atoms with van der Waals surface area (Å²) in [6.07, 6.45) is 0.230. The van der Waals surface area contributed by atoms with Crippen LogP contribution in [0.2, 0.25) is 0 Å². The van der Waals surface area contributed by atoms with E-state index < -0.39 is 34.2 Å². The first-order chi connectivity index (χ1) is 6.81. The highest BCUT2D eigenvalue weighted by atomic mass is 19.2. The van der Waals surface area contributed by atoms with Crippen LogP contribution in [0.15, 0.2) is 6.07 Å². The molecule has 0 atom stereocenters. The van der Waals surface area contributed by atoms with Crippen molar-refractivity contribution in [3.8, 4) is 0 Å². The molecule has 0 heterocycles. The highest BCUT2D eigenvalue weighted by Crippen LogP contribution is 2.29. The summed E-state index contributed by atoms with van der Waals surface area (Å²) < 4.78 is 51.9. The molecule has 0 radical (unpaired) electrons. The molecule has 0 fully saturated rings. The van der Waals surface area contributed by atoms with E-state index in [0.717, 1.165) is 0 Å². The van der Waals surface area contributed by atoms with Gasteiger partial charge < -0.3 is 4.79 Å². The second kappa shape index (κ2) is 3.64. The molecule has 5 heteroatoms. The van der Waals surface area contributed by atoms with Crippen LogP contribution in [0.4, 0.5) is 17.6 Å². The van der Waals surface area contributed by atoms with Gasteiger partial charge in [-0.3, -0.25) is 0 Å². The van der Waals surface area contributed by atoms with Crippen LogP contribution in [0.25, 0.3) is 0 Å². The Morgan fingerprint density at radius 3 is 1.80 bits per heavy atom. The van der Waals surface area contributed by atoms with E-state index in [1.807, 2.05) is 0 Å². The van der Waals surface area contributed by atoms with Crippen LogP contribution in [-0.2, 0) is 10.2 Å². The Kier molecular flexibility index (Phi) is 2.83. The maximum absolute atomic E-state index is 13.2. The quantitative estimate of drug-likeness (QED) is 0.425. The van der Waals surface area contributed by atoms with Gasteiger partial charge in [0, 0.05) is 11.6 Å². The topological polar surface area (TPSA) is 17.1 Å². The second-order valence-electron chi connectivity index (χ2n) is 3.68. The van der Waals surface area contributed by atoms with Gasteiger partial charge in [0.1, 0.15) is 6.29 Å². The molecule has 0 amide bonds.